The van der Waals surface area contributed by atoms with Crippen LogP contribution in [0.4, 0.5) is 0 Å². The van der Waals surface area contributed by atoms with Crippen molar-refractivity contribution in [1.29, 1.82) is 0 Å². The summed E-state index contributed by atoms with van der Waals surface area (Å²) in [5.74, 6) is -0.0190. The molecule has 0 bridgehead atoms. The van der Waals surface area contributed by atoms with E-state index in [0.29, 0.717) is 37.6 Å². The Morgan fingerprint density at radius 3 is 2.44 bits per heavy atom. The van der Waals surface area contributed by atoms with Crippen molar-refractivity contribution in [2.45, 2.75) is 46.2 Å². The highest BCUT2D eigenvalue weighted by molar-refractivity contribution is 7.89. The Bertz CT molecular complexity index is 1090. The van der Waals surface area contributed by atoms with Crippen LogP contribution in [0, 0.1) is 13.8 Å². The van der Waals surface area contributed by atoms with E-state index >= 15 is 0 Å². The predicted molar refractivity (Wildman–Crippen MR) is 128 cm³/mol. The summed E-state index contributed by atoms with van der Waals surface area (Å²) in [5, 5.41) is 5.02. The van der Waals surface area contributed by atoms with Gasteiger partial charge in [0.05, 0.1) is 18.0 Å². The maximum absolute atomic E-state index is 12.7. The molecular formula is C23H31ClN4O3S. The third kappa shape index (κ3) is 5.60. The lowest BCUT2D eigenvalue weighted by Crippen LogP contribution is -2.47. The third-order valence-electron chi connectivity index (χ3n) is 6.05. The molecule has 1 aliphatic heterocycles. The quantitative estimate of drug-likeness (QED) is 0.571. The van der Waals surface area contributed by atoms with Crippen LogP contribution in [-0.2, 0) is 21.4 Å². The van der Waals surface area contributed by atoms with Gasteiger partial charge in [-0.15, -0.1) is 0 Å². The van der Waals surface area contributed by atoms with E-state index in [1.807, 2.05) is 13.8 Å². The molecule has 0 saturated carbocycles. The average molecular weight is 479 g/mol. The van der Waals surface area contributed by atoms with E-state index in [2.05, 4.69) is 29.4 Å². The molecule has 2 aromatic rings. The molecule has 1 aliphatic rings. The maximum Gasteiger partial charge on any atom is 0.246 e. The number of nitrogens with zero attached hydrogens (tertiary/aromatic N) is 4. The van der Waals surface area contributed by atoms with Gasteiger partial charge in [-0.1, -0.05) is 41.4 Å². The number of sulfonamides is 1. The van der Waals surface area contributed by atoms with Crippen LogP contribution in [0.2, 0.25) is 5.15 Å². The van der Waals surface area contributed by atoms with Gasteiger partial charge in [0.1, 0.15) is 5.15 Å². The Kier molecular flexibility index (Phi) is 7.79. The molecule has 7 nitrogen and oxygen atoms in total. The minimum Gasteiger partial charge on any atom is -0.339 e. The topological polar surface area (TPSA) is 75.5 Å². The molecule has 3 rings (SSSR count). The minimum atomic E-state index is -3.22. The van der Waals surface area contributed by atoms with E-state index in [9.17, 15) is 13.2 Å². The van der Waals surface area contributed by atoms with Gasteiger partial charge in [0.15, 0.2) is 0 Å². The van der Waals surface area contributed by atoms with E-state index in [-0.39, 0.29) is 17.7 Å². The summed E-state index contributed by atoms with van der Waals surface area (Å²) >= 11 is 6.55. The van der Waals surface area contributed by atoms with Crippen molar-refractivity contribution in [2.75, 3.05) is 25.9 Å². The van der Waals surface area contributed by atoms with E-state index in [0.717, 1.165) is 16.8 Å². The third-order valence-corrected chi connectivity index (χ3v) is 8.35. The van der Waals surface area contributed by atoms with Gasteiger partial charge in [-0.2, -0.15) is 5.10 Å². The summed E-state index contributed by atoms with van der Waals surface area (Å²) < 4.78 is 27.4. The van der Waals surface area contributed by atoms with Crippen LogP contribution in [0.3, 0.4) is 0 Å². The number of rotatable bonds is 7. The number of carbonyl (C=O) groups is 1. The van der Waals surface area contributed by atoms with Gasteiger partial charge in [-0.25, -0.2) is 17.4 Å². The lowest BCUT2D eigenvalue weighted by atomic mass is 10.1. The molecule has 0 aliphatic carbocycles. The smallest absolute Gasteiger partial charge is 0.246 e. The minimum absolute atomic E-state index is 0.0651. The fourth-order valence-electron chi connectivity index (χ4n) is 3.87. The van der Waals surface area contributed by atoms with Crippen LogP contribution >= 0.6 is 11.6 Å². The van der Waals surface area contributed by atoms with Crippen molar-refractivity contribution in [2.24, 2.45) is 0 Å². The zero-order chi connectivity index (χ0) is 23.5. The van der Waals surface area contributed by atoms with Gasteiger partial charge in [-0.05, 0) is 45.3 Å². The van der Waals surface area contributed by atoms with E-state index in [4.69, 9.17) is 11.6 Å². The SMILES string of the molecule is CCS(=O)(=O)N(C)C1CCN(C(=O)C=Cc2c(C)nn(Cc3ccc(C)cc3)c2Cl)CC1. The van der Waals surface area contributed by atoms with Crippen LogP contribution in [0.15, 0.2) is 30.3 Å². The lowest BCUT2D eigenvalue weighted by Gasteiger charge is -2.35. The van der Waals surface area contributed by atoms with Gasteiger partial charge in [0.2, 0.25) is 15.9 Å². The number of aryl methyl sites for hydroxylation is 2. The average Bonchev–Trinajstić information content (AvgIpc) is 3.05. The number of amides is 1. The Morgan fingerprint density at radius 2 is 1.84 bits per heavy atom. The molecule has 0 N–H and O–H groups in total. The largest absolute Gasteiger partial charge is 0.339 e. The Morgan fingerprint density at radius 1 is 1.22 bits per heavy atom. The summed E-state index contributed by atoms with van der Waals surface area (Å²) in [4.78, 5) is 14.4. The molecule has 0 atom stereocenters. The summed E-state index contributed by atoms with van der Waals surface area (Å²) in [6.07, 6.45) is 4.50. The summed E-state index contributed by atoms with van der Waals surface area (Å²) in [5.41, 5.74) is 3.79. The standard InChI is InChI=1S/C23H31ClN4O3S/c1-5-32(30,31)26(4)20-12-14-27(15-13-20)22(29)11-10-21-18(3)25-28(23(21)24)16-19-8-6-17(2)7-9-19/h6-11,20H,5,12-16H2,1-4H3. The molecule has 1 fully saturated rings. The molecule has 1 saturated heterocycles. The highest BCUT2D eigenvalue weighted by Crippen LogP contribution is 2.23. The van der Waals surface area contributed by atoms with Crippen LogP contribution in [-0.4, -0.2) is 65.2 Å². The highest BCUT2D eigenvalue weighted by atomic mass is 35.5. The Hall–Kier alpha value is -2.16. The second-order valence-electron chi connectivity index (χ2n) is 8.24. The first-order valence-corrected chi connectivity index (χ1v) is 12.8. The number of hydrogen-bond donors (Lipinski definition) is 0. The fraction of sp³-hybridized carbons (Fsp3) is 0.478. The fourth-order valence-corrected chi connectivity index (χ4v) is 5.24. The normalized spacial score (nSPS) is 15.8. The first-order valence-electron chi connectivity index (χ1n) is 10.8. The van der Waals surface area contributed by atoms with Crippen LogP contribution in [0.1, 0.15) is 42.1 Å². The number of benzene rings is 1. The lowest BCUT2D eigenvalue weighted by molar-refractivity contribution is -0.127. The maximum atomic E-state index is 12.7. The Labute approximate surface area is 195 Å². The summed E-state index contributed by atoms with van der Waals surface area (Å²) in [6, 6.07) is 8.14. The van der Waals surface area contributed by atoms with Gasteiger partial charge >= 0.3 is 0 Å². The zero-order valence-electron chi connectivity index (χ0n) is 19.1. The van der Waals surface area contributed by atoms with Crippen molar-refractivity contribution in [1.82, 2.24) is 19.0 Å². The Balaban J connectivity index is 1.62. The van der Waals surface area contributed by atoms with E-state index < -0.39 is 10.0 Å². The molecular weight excluding hydrogens is 448 g/mol. The first-order chi connectivity index (χ1) is 15.1. The van der Waals surface area contributed by atoms with Crippen molar-refractivity contribution in [3.63, 3.8) is 0 Å². The van der Waals surface area contributed by atoms with Crippen molar-refractivity contribution in [3.8, 4) is 0 Å². The molecule has 2 heterocycles. The highest BCUT2D eigenvalue weighted by Gasteiger charge is 2.29. The summed E-state index contributed by atoms with van der Waals surface area (Å²) in [6.45, 7) is 7.17. The number of aromatic nitrogens is 2. The molecule has 0 radical (unpaired) electrons. The van der Waals surface area contributed by atoms with Crippen molar-refractivity contribution < 1.29 is 13.2 Å². The molecule has 1 amide bonds. The van der Waals surface area contributed by atoms with Crippen molar-refractivity contribution in [3.05, 3.63) is 57.9 Å². The molecule has 174 valence electrons. The monoisotopic (exact) mass is 478 g/mol. The predicted octanol–water partition coefficient (Wildman–Crippen LogP) is 3.49. The van der Waals surface area contributed by atoms with Crippen LogP contribution < -0.4 is 0 Å². The van der Waals surface area contributed by atoms with Crippen molar-refractivity contribution >= 4 is 33.6 Å². The number of likely N-dealkylation sites (tertiary alicyclic amines) is 1. The van der Waals surface area contributed by atoms with Gasteiger partial charge in [-0.3, -0.25) is 4.79 Å². The van der Waals surface area contributed by atoms with Gasteiger partial charge < -0.3 is 4.90 Å². The summed E-state index contributed by atoms with van der Waals surface area (Å²) in [7, 11) is -1.60. The van der Waals surface area contributed by atoms with E-state index in [1.165, 1.54) is 15.9 Å². The van der Waals surface area contributed by atoms with Gasteiger partial charge in [0.25, 0.3) is 0 Å². The number of carbonyl (C=O) groups excluding carboxylic acids is 1. The number of hydrogen-bond acceptors (Lipinski definition) is 4. The molecule has 0 spiro atoms. The molecule has 32 heavy (non-hydrogen) atoms. The van der Waals surface area contributed by atoms with Crippen LogP contribution in [0.25, 0.3) is 6.08 Å². The second-order valence-corrected chi connectivity index (χ2v) is 10.9. The first kappa shape index (κ1) is 24.5. The number of halogens is 1. The van der Waals surface area contributed by atoms with E-state index in [1.54, 1.807) is 29.6 Å². The van der Waals surface area contributed by atoms with Gasteiger partial charge in [0, 0.05) is 37.8 Å². The molecule has 9 heteroatoms. The molecule has 0 unspecified atom stereocenters. The number of piperidine rings is 1. The second kappa shape index (κ2) is 10.2. The van der Waals surface area contributed by atoms with Crippen LogP contribution in [0.5, 0.6) is 0 Å². The molecule has 1 aromatic carbocycles. The molecule has 1 aromatic heterocycles. The zero-order valence-corrected chi connectivity index (χ0v) is 20.7.